The number of halogens is 1. The lowest BCUT2D eigenvalue weighted by Gasteiger charge is -2.17. The van der Waals surface area contributed by atoms with Crippen LogP contribution in [0.2, 0.25) is 0 Å². The molecule has 6 nitrogen and oxygen atoms in total. The zero-order valence-corrected chi connectivity index (χ0v) is 15.1. The fraction of sp³-hybridized carbons (Fsp3) is 0.471. The maximum absolute atomic E-state index is 12.9. The van der Waals surface area contributed by atoms with Gasteiger partial charge in [0.2, 0.25) is 15.9 Å². The van der Waals surface area contributed by atoms with Crippen LogP contribution >= 0.6 is 0 Å². The first-order valence-electron chi connectivity index (χ1n) is 8.27. The van der Waals surface area contributed by atoms with E-state index in [1.165, 1.54) is 29.1 Å². The van der Waals surface area contributed by atoms with E-state index in [4.69, 9.17) is 0 Å². The van der Waals surface area contributed by atoms with Crippen LogP contribution in [0.5, 0.6) is 0 Å². The fourth-order valence-electron chi connectivity index (χ4n) is 2.50. The van der Waals surface area contributed by atoms with Crippen molar-refractivity contribution in [1.82, 2.24) is 14.9 Å². The average Bonchev–Trinajstić information content (AvgIpc) is 2.61. The number of nitrogens with one attached hydrogen (secondary N) is 2. The highest BCUT2D eigenvalue weighted by Gasteiger charge is 2.20. The number of nitrogens with zero attached hydrogens (tertiary/aromatic N) is 1. The summed E-state index contributed by atoms with van der Waals surface area (Å²) in [5.41, 5.74) is 1.21. The van der Waals surface area contributed by atoms with E-state index in [1.54, 1.807) is 0 Å². The summed E-state index contributed by atoms with van der Waals surface area (Å²) >= 11 is 0. The zero-order chi connectivity index (χ0) is 18.3. The number of rotatable bonds is 8. The molecule has 1 heterocycles. The molecule has 0 aliphatic carbocycles. The molecule has 0 atom stereocenters. The summed E-state index contributed by atoms with van der Waals surface area (Å²) in [7, 11) is -2.21. The maximum atomic E-state index is 12.9. The third-order valence-electron chi connectivity index (χ3n) is 4.07. The van der Waals surface area contributed by atoms with Gasteiger partial charge < -0.3 is 10.6 Å². The SMILES string of the molecule is CN(CCCC(=O)NCC1=CCNCC1)S(=O)(=O)c1ccc(F)cc1. The molecule has 1 aliphatic rings. The average molecular weight is 369 g/mol. The topological polar surface area (TPSA) is 78.5 Å². The van der Waals surface area contributed by atoms with E-state index in [1.807, 2.05) is 0 Å². The van der Waals surface area contributed by atoms with E-state index >= 15 is 0 Å². The Labute approximate surface area is 148 Å². The molecular weight excluding hydrogens is 345 g/mol. The predicted octanol–water partition coefficient (Wildman–Crippen LogP) is 1.26. The van der Waals surface area contributed by atoms with Crippen molar-refractivity contribution in [2.24, 2.45) is 0 Å². The largest absolute Gasteiger partial charge is 0.352 e. The Morgan fingerprint density at radius 1 is 1.32 bits per heavy atom. The number of carbonyl (C=O) groups excluding carboxylic acids is 1. The summed E-state index contributed by atoms with van der Waals surface area (Å²) in [6.45, 7) is 2.52. The van der Waals surface area contributed by atoms with Crippen molar-refractivity contribution in [3.63, 3.8) is 0 Å². The van der Waals surface area contributed by atoms with E-state index in [0.29, 0.717) is 13.0 Å². The van der Waals surface area contributed by atoms with Crippen molar-refractivity contribution in [3.05, 3.63) is 41.7 Å². The van der Waals surface area contributed by atoms with E-state index in [-0.39, 0.29) is 23.8 Å². The van der Waals surface area contributed by atoms with Gasteiger partial charge in [-0.05, 0) is 43.7 Å². The maximum Gasteiger partial charge on any atom is 0.242 e. The van der Waals surface area contributed by atoms with Crippen molar-refractivity contribution in [2.75, 3.05) is 33.2 Å². The van der Waals surface area contributed by atoms with Gasteiger partial charge >= 0.3 is 0 Å². The fourth-order valence-corrected chi connectivity index (χ4v) is 3.71. The zero-order valence-electron chi connectivity index (χ0n) is 14.3. The third kappa shape index (κ3) is 5.91. The molecule has 25 heavy (non-hydrogen) atoms. The second-order valence-electron chi connectivity index (χ2n) is 5.98. The second kappa shape index (κ2) is 9.07. The summed E-state index contributed by atoms with van der Waals surface area (Å²) in [5, 5.41) is 6.07. The van der Waals surface area contributed by atoms with Gasteiger partial charge in [-0.1, -0.05) is 11.6 Å². The molecular formula is C17H24FN3O3S. The summed E-state index contributed by atoms with van der Waals surface area (Å²) in [4.78, 5) is 11.9. The van der Waals surface area contributed by atoms with Crippen molar-refractivity contribution in [2.45, 2.75) is 24.2 Å². The first-order valence-corrected chi connectivity index (χ1v) is 9.71. The minimum atomic E-state index is -3.66. The van der Waals surface area contributed by atoms with Gasteiger partial charge in [0.15, 0.2) is 0 Å². The molecule has 0 aromatic heterocycles. The van der Waals surface area contributed by atoms with E-state index in [0.717, 1.165) is 31.6 Å². The predicted molar refractivity (Wildman–Crippen MR) is 94.0 cm³/mol. The van der Waals surface area contributed by atoms with Gasteiger partial charge in [0.1, 0.15) is 5.82 Å². The molecule has 0 fully saturated rings. The number of hydrogen-bond acceptors (Lipinski definition) is 4. The highest BCUT2D eigenvalue weighted by Crippen LogP contribution is 2.15. The van der Waals surface area contributed by atoms with Crippen molar-refractivity contribution in [3.8, 4) is 0 Å². The van der Waals surface area contributed by atoms with Crippen LogP contribution < -0.4 is 10.6 Å². The Morgan fingerprint density at radius 2 is 2.04 bits per heavy atom. The van der Waals surface area contributed by atoms with Gasteiger partial charge in [0.05, 0.1) is 4.90 Å². The minimum absolute atomic E-state index is 0.0405. The van der Waals surface area contributed by atoms with E-state index < -0.39 is 15.8 Å². The molecule has 0 unspecified atom stereocenters. The Morgan fingerprint density at radius 3 is 2.68 bits per heavy atom. The molecule has 1 aliphatic heterocycles. The number of benzene rings is 1. The smallest absolute Gasteiger partial charge is 0.242 e. The van der Waals surface area contributed by atoms with Gasteiger partial charge in [-0.2, -0.15) is 0 Å². The van der Waals surface area contributed by atoms with Crippen molar-refractivity contribution >= 4 is 15.9 Å². The molecule has 0 spiro atoms. The monoisotopic (exact) mass is 369 g/mol. The van der Waals surface area contributed by atoms with Gasteiger partial charge in [-0.15, -0.1) is 0 Å². The van der Waals surface area contributed by atoms with Crippen molar-refractivity contribution < 1.29 is 17.6 Å². The Bertz CT molecular complexity index is 717. The molecule has 1 aromatic carbocycles. The molecule has 138 valence electrons. The van der Waals surface area contributed by atoms with Crippen LogP contribution in [0.4, 0.5) is 4.39 Å². The molecule has 2 rings (SSSR count). The van der Waals surface area contributed by atoms with Crippen molar-refractivity contribution in [1.29, 1.82) is 0 Å². The quantitative estimate of drug-likeness (QED) is 0.677. The molecule has 0 saturated carbocycles. The molecule has 1 aromatic rings. The van der Waals surface area contributed by atoms with Crippen LogP contribution in [0.15, 0.2) is 40.8 Å². The van der Waals surface area contributed by atoms with Crippen LogP contribution in [0.1, 0.15) is 19.3 Å². The molecule has 0 bridgehead atoms. The van der Waals surface area contributed by atoms with E-state index in [9.17, 15) is 17.6 Å². The van der Waals surface area contributed by atoms with E-state index in [2.05, 4.69) is 16.7 Å². The summed E-state index contributed by atoms with van der Waals surface area (Å²) in [6.07, 6.45) is 3.68. The standard InChI is InChI=1S/C17H24FN3O3S/c1-21(25(23,24)16-6-4-15(18)5-7-16)12-2-3-17(22)20-13-14-8-10-19-11-9-14/h4-8,19H,2-3,9-13H2,1H3,(H,20,22). The number of amides is 1. The number of hydrogen-bond donors (Lipinski definition) is 2. The highest BCUT2D eigenvalue weighted by molar-refractivity contribution is 7.89. The van der Waals surface area contributed by atoms with Crippen LogP contribution in [-0.2, 0) is 14.8 Å². The third-order valence-corrected chi connectivity index (χ3v) is 5.94. The summed E-state index contributed by atoms with van der Waals surface area (Å²) in [5.74, 6) is -0.575. The second-order valence-corrected chi connectivity index (χ2v) is 8.02. The lowest BCUT2D eigenvalue weighted by atomic mass is 10.1. The van der Waals surface area contributed by atoms with Gasteiger partial charge in [0, 0.05) is 33.1 Å². The van der Waals surface area contributed by atoms with Gasteiger partial charge in [-0.3, -0.25) is 4.79 Å². The summed E-state index contributed by atoms with van der Waals surface area (Å²) < 4.78 is 38.8. The summed E-state index contributed by atoms with van der Waals surface area (Å²) in [6, 6.07) is 4.70. The highest BCUT2D eigenvalue weighted by atomic mass is 32.2. The number of sulfonamides is 1. The Balaban J connectivity index is 1.75. The first kappa shape index (κ1) is 19.6. The first-order chi connectivity index (χ1) is 11.9. The molecule has 2 N–H and O–H groups in total. The van der Waals surface area contributed by atoms with Gasteiger partial charge in [0.25, 0.3) is 0 Å². The lowest BCUT2D eigenvalue weighted by molar-refractivity contribution is -0.121. The minimum Gasteiger partial charge on any atom is -0.352 e. The Kier molecular flexibility index (Phi) is 7.10. The van der Waals surface area contributed by atoms with Crippen LogP contribution in [0, 0.1) is 5.82 Å². The Hall–Kier alpha value is -1.77. The van der Waals surface area contributed by atoms with Gasteiger partial charge in [-0.25, -0.2) is 17.1 Å². The lowest BCUT2D eigenvalue weighted by Crippen LogP contribution is -2.31. The van der Waals surface area contributed by atoms with Crippen LogP contribution in [-0.4, -0.2) is 51.9 Å². The molecule has 0 saturated heterocycles. The number of carbonyl (C=O) groups is 1. The normalized spacial score (nSPS) is 15.1. The molecule has 1 amide bonds. The molecule has 8 heteroatoms. The molecule has 0 radical (unpaired) electrons. The van der Waals surface area contributed by atoms with Crippen LogP contribution in [0.3, 0.4) is 0 Å². The van der Waals surface area contributed by atoms with Crippen LogP contribution in [0.25, 0.3) is 0 Å².